The van der Waals surface area contributed by atoms with Gasteiger partial charge in [-0.2, -0.15) is 0 Å². The van der Waals surface area contributed by atoms with Crippen LogP contribution in [0.5, 0.6) is 0 Å². The molecule has 1 saturated carbocycles. The van der Waals surface area contributed by atoms with Crippen molar-refractivity contribution in [2.75, 3.05) is 5.32 Å². The van der Waals surface area contributed by atoms with Crippen LogP contribution < -0.4 is 5.32 Å². The van der Waals surface area contributed by atoms with Gasteiger partial charge in [0, 0.05) is 16.8 Å². The second-order valence-corrected chi connectivity index (χ2v) is 5.55. The fourth-order valence-electron chi connectivity index (χ4n) is 3.04. The zero-order valence-electron chi connectivity index (χ0n) is 11.5. The SMILES string of the molecule is Cc1cc(NC2(C(=O)O)CCCC2)c2ccccc2n1. The molecule has 1 aromatic carbocycles. The van der Waals surface area contributed by atoms with Crippen molar-refractivity contribution >= 4 is 22.6 Å². The first-order valence-corrected chi connectivity index (χ1v) is 6.99. The van der Waals surface area contributed by atoms with Gasteiger partial charge in [-0.3, -0.25) is 4.98 Å². The number of fused-ring (bicyclic) bond motifs is 1. The fraction of sp³-hybridized carbons (Fsp3) is 0.375. The predicted octanol–water partition coefficient (Wildman–Crippen LogP) is 3.35. The summed E-state index contributed by atoms with van der Waals surface area (Å²) >= 11 is 0. The third kappa shape index (κ3) is 2.11. The number of nitrogens with one attached hydrogen (secondary N) is 1. The maximum absolute atomic E-state index is 11.7. The molecule has 104 valence electrons. The van der Waals surface area contributed by atoms with Crippen LogP contribution in [0.3, 0.4) is 0 Å². The second-order valence-electron chi connectivity index (χ2n) is 5.55. The maximum Gasteiger partial charge on any atom is 0.329 e. The summed E-state index contributed by atoms with van der Waals surface area (Å²) in [5.74, 6) is -0.756. The van der Waals surface area contributed by atoms with Crippen molar-refractivity contribution in [2.45, 2.75) is 38.1 Å². The lowest BCUT2D eigenvalue weighted by Gasteiger charge is -2.27. The Kier molecular flexibility index (Phi) is 3.08. The van der Waals surface area contributed by atoms with E-state index in [-0.39, 0.29) is 0 Å². The van der Waals surface area contributed by atoms with E-state index in [9.17, 15) is 9.90 Å². The van der Waals surface area contributed by atoms with Crippen molar-refractivity contribution < 1.29 is 9.90 Å². The molecule has 0 atom stereocenters. The van der Waals surface area contributed by atoms with Gasteiger partial charge in [0.2, 0.25) is 0 Å². The van der Waals surface area contributed by atoms with Crippen molar-refractivity contribution in [3.05, 3.63) is 36.0 Å². The minimum Gasteiger partial charge on any atom is -0.480 e. The summed E-state index contributed by atoms with van der Waals surface area (Å²) in [6.07, 6.45) is 3.28. The van der Waals surface area contributed by atoms with Gasteiger partial charge in [-0.25, -0.2) is 4.79 Å². The van der Waals surface area contributed by atoms with E-state index >= 15 is 0 Å². The van der Waals surface area contributed by atoms with E-state index in [1.807, 2.05) is 37.3 Å². The molecule has 2 aromatic rings. The number of aryl methyl sites for hydroxylation is 1. The van der Waals surface area contributed by atoms with Crippen LogP contribution in [0.4, 0.5) is 5.69 Å². The van der Waals surface area contributed by atoms with Crippen LogP contribution >= 0.6 is 0 Å². The third-order valence-corrected chi connectivity index (χ3v) is 4.08. The van der Waals surface area contributed by atoms with Gasteiger partial charge in [-0.15, -0.1) is 0 Å². The zero-order chi connectivity index (χ0) is 14.2. The Labute approximate surface area is 117 Å². The fourth-order valence-corrected chi connectivity index (χ4v) is 3.04. The minimum absolute atomic E-state index is 0.679. The normalized spacial score (nSPS) is 17.2. The number of aliphatic carboxylic acids is 1. The van der Waals surface area contributed by atoms with Crippen molar-refractivity contribution in [1.82, 2.24) is 4.98 Å². The summed E-state index contributed by atoms with van der Waals surface area (Å²) in [4.78, 5) is 16.2. The van der Waals surface area contributed by atoms with E-state index in [0.29, 0.717) is 12.8 Å². The highest BCUT2D eigenvalue weighted by atomic mass is 16.4. The first-order chi connectivity index (χ1) is 9.61. The van der Waals surface area contributed by atoms with Gasteiger partial charge in [0.1, 0.15) is 5.54 Å². The van der Waals surface area contributed by atoms with Crippen LogP contribution in [0.25, 0.3) is 10.9 Å². The van der Waals surface area contributed by atoms with Gasteiger partial charge in [-0.05, 0) is 31.9 Å². The first-order valence-electron chi connectivity index (χ1n) is 6.99. The number of benzene rings is 1. The molecule has 4 heteroatoms. The molecule has 0 radical (unpaired) electrons. The minimum atomic E-state index is -0.823. The number of pyridine rings is 1. The van der Waals surface area contributed by atoms with E-state index < -0.39 is 11.5 Å². The van der Waals surface area contributed by atoms with Crippen LogP contribution in [-0.4, -0.2) is 21.6 Å². The summed E-state index contributed by atoms with van der Waals surface area (Å²) in [5, 5.41) is 13.9. The standard InChI is InChI=1S/C16H18N2O2/c1-11-10-14(12-6-2-3-7-13(12)17-11)18-16(15(19)20)8-4-5-9-16/h2-3,6-7,10H,4-5,8-9H2,1H3,(H,17,18)(H,19,20). The van der Waals surface area contributed by atoms with Gasteiger partial charge < -0.3 is 10.4 Å². The van der Waals surface area contributed by atoms with Gasteiger partial charge in [0.15, 0.2) is 0 Å². The summed E-state index contributed by atoms with van der Waals surface area (Å²) in [6, 6.07) is 9.77. The molecular weight excluding hydrogens is 252 g/mol. The lowest BCUT2D eigenvalue weighted by atomic mass is 9.96. The highest BCUT2D eigenvalue weighted by Crippen LogP contribution is 2.35. The molecule has 2 N–H and O–H groups in total. The molecule has 0 unspecified atom stereocenters. The van der Waals surface area contributed by atoms with E-state index in [1.54, 1.807) is 0 Å². The van der Waals surface area contributed by atoms with Crippen LogP contribution in [-0.2, 0) is 4.79 Å². The number of hydrogen-bond acceptors (Lipinski definition) is 3. The molecule has 0 aliphatic heterocycles. The van der Waals surface area contributed by atoms with Crippen molar-refractivity contribution in [3.63, 3.8) is 0 Å². The zero-order valence-corrected chi connectivity index (χ0v) is 11.5. The molecule has 0 spiro atoms. The molecule has 1 aliphatic carbocycles. The highest BCUT2D eigenvalue weighted by Gasteiger charge is 2.41. The molecule has 3 rings (SSSR count). The second kappa shape index (κ2) is 4.78. The Bertz CT molecular complexity index is 661. The Morgan fingerprint density at radius 1 is 1.30 bits per heavy atom. The molecule has 0 amide bonds. The maximum atomic E-state index is 11.7. The van der Waals surface area contributed by atoms with E-state index in [1.165, 1.54) is 0 Å². The topological polar surface area (TPSA) is 62.2 Å². The molecule has 1 aromatic heterocycles. The molecule has 0 bridgehead atoms. The van der Waals surface area contributed by atoms with Crippen LogP contribution in [0, 0.1) is 6.92 Å². The largest absolute Gasteiger partial charge is 0.480 e. The smallest absolute Gasteiger partial charge is 0.329 e. The number of carboxylic acid groups (broad SMARTS) is 1. The summed E-state index contributed by atoms with van der Waals surface area (Å²) < 4.78 is 0. The molecule has 0 saturated heterocycles. The Hall–Kier alpha value is -2.10. The lowest BCUT2D eigenvalue weighted by molar-refractivity contribution is -0.142. The van der Waals surface area contributed by atoms with Gasteiger partial charge >= 0.3 is 5.97 Å². The van der Waals surface area contributed by atoms with Crippen LogP contribution in [0.15, 0.2) is 30.3 Å². The Morgan fingerprint density at radius 2 is 2.00 bits per heavy atom. The molecule has 1 heterocycles. The number of carbonyl (C=O) groups is 1. The number of para-hydroxylation sites is 1. The van der Waals surface area contributed by atoms with Gasteiger partial charge in [0.25, 0.3) is 0 Å². The Balaban J connectivity index is 2.08. The molecule has 1 fully saturated rings. The lowest BCUT2D eigenvalue weighted by Crippen LogP contribution is -2.43. The van der Waals surface area contributed by atoms with Crippen LogP contribution in [0.1, 0.15) is 31.4 Å². The monoisotopic (exact) mass is 270 g/mol. The number of nitrogens with zero attached hydrogens (tertiary/aromatic N) is 1. The molecule has 4 nitrogen and oxygen atoms in total. The quantitative estimate of drug-likeness (QED) is 0.897. The van der Waals surface area contributed by atoms with E-state index in [4.69, 9.17) is 0 Å². The number of anilines is 1. The summed E-state index contributed by atoms with van der Waals surface area (Å²) in [7, 11) is 0. The van der Waals surface area contributed by atoms with Gasteiger partial charge in [-0.1, -0.05) is 31.0 Å². The molecule has 1 aliphatic rings. The third-order valence-electron chi connectivity index (χ3n) is 4.08. The highest BCUT2D eigenvalue weighted by molar-refractivity contribution is 5.94. The van der Waals surface area contributed by atoms with Crippen LogP contribution in [0.2, 0.25) is 0 Å². The average molecular weight is 270 g/mol. The number of carboxylic acids is 1. The number of hydrogen-bond donors (Lipinski definition) is 2. The van der Waals surface area contributed by atoms with Crippen molar-refractivity contribution in [3.8, 4) is 0 Å². The molecule has 20 heavy (non-hydrogen) atoms. The first kappa shape index (κ1) is 12.9. The molecular formula is C16H18N2O2. The number of aromatic nitrogens is 1. The average Bonchev–Trinajstić information content (AvgIpc) is 2.88. The van der Waals surface area contributed by atoms with Crippen molar-refractivity contribution in [2.24, 2.45) is 0 Å². The van der Waals surface area contributed by atoms with E-state index in [2.05, 4.69) is 10.3 Å². The van der Waals surface area contributed by atoms with E-state index in [0.717, 1.165) is 35.1 Å². The Morgan fingerprint density at radius 3 is 2.70 bits per heavy atom. The summed E-state index contributed by atoms with van der Waals surface area (Å²) in [6.45, 7) is 1.93. The summed E-state index contributed by atoms with van der Waals surface area (Å²) in [5.41, 5.74) is 1.84. The van der Waals surface area contributed by atoms with Crippen molar-refractivity contribution in [1.29, 1.82) is 0 Å². The number of rotatable bonds is 3. The van der Waals surface area contributed by atoms with Gasteiger partial charge in [0.05, 0.1) is 5.52 Å². The predicted molar refractivity (Wildman–Crippen MR) is 78.9 cm³/mol.